The van der Waals surface area contributed by atoms with E-state index < -0.39 is 0 Å². The standard InChI is InChI=1S/C33H41N9O3S/c1-3-40-13-15-41(16-14-40)20-28-21-42(17-18-45-28)30(44)12-11-25-5-4-6-27(37-25)22-46-33-38-31(29(19-34)32(35)39-33)24-7-9-26(10-8-24)36-23(2)43/h4-10,28H,3,11-18,20-22H2,1-2H3,(H,36,43)(H2,35,38,39). The number of likely N-dealkylation sites (N-methyl/N-ethyl adjacent to an activating group) is 1. The third-order valence-electron chi connectivity index (χ3n) is 8.18. The first-order valence-electron chi connectivity index (χ1n) is 15.7. The Labute approximate surface area is 274 Å². The number of hydrogen-bond donors (Lipinski definition) is 2. The minimum Gasteiger partial charge on any atom is -0.382 e. The number of morpholine rings is 1. The van der Waals surface area contributed by atoms with E-state index in [1.165, 1.54) is 18.7 Å². The number of nitrogens with two attached hydrogens (primary N) is 1. The molecular formula is C33H41N9O3S. The molecule has 3 aromatic rings. The van der Waals surface area contributed by atoms with Crippen LogP contribution in [0.15, 0.2) is 47.6 Å². The van der Waals surface area contributed by atoms with Crippen molar-refractivity contribution in [2.75, 3.05) is 70.0 Å². The van der Waals surface area contributed by atoms with E-state index in [0.29, 0.717) is 60.4 Å². The van der Waals surface area contributed by atoms with Crippen LogP contribution in [-0.2, 0) is 26.5 Å². The molecule has 5 rings (SSSR count). The second kappa shape index (κ2) is 16.0. The van der Waals surface area contributed by atoms with Crippen molar-refractivity contribution >= 4 is 35.1 Å². The molecule has 2 fully saturated rings. The number of aromatic nitrogens is 3. The van der Waals surface area contributed by atoms with Gasteiger partial charge in [-0.2, -0.15) is 5.26 Å². The average molecular weight is 644 g/mol. The number of aryl methyl sites for hydroxylation is 1. The zero-order valence-electron chi connectivity index (χ0n) is 26.4. The van der Waals surface area contributed by atoms with Crippen molar-refractivity contribution in [3.05, 3.63) is 59.4 Å². The van der Waals surface area contributed by atoms with Crippen LogP contribution in [0.3, 0.4) is 0 Å². The molecule has 0 aliphatic carbocycles. The fraction of sp³-hybridized carbons (Fsp3) is 0.455. The van der Waals surface area contributed by atoms with Crippen molar-refractivity contribution < 1.29 is 14.3 Å². The van der Waals surface area contributed by atoms with Crippen LogP contribution >= 0.6 is 11.8 Å². The van der Waals surface area contributed by atoms with Gasteiger partial charge in [-0.05, 0) is 37.2 Å². The summed E-state index contributed by atoms with van der Waals surface area (Å²) >= 11 is 1.37. The van der Waals surface area contributed by atoms with Crippen LogP contribution in [0.4, 0.5) is 11.5 Å². The number of nitrogens with one attached hydrogen (secondary N) is 1. The van der Waals surface area contributed by atoms with Crippen LogP contribution in [0.2, 0.25) is 0 Å². The summed E-state index contributed by atoms with van der Waals surface area (Å²) in [5, 5.41) is 12.9. The lowest BCUT2D eigenvalue weighted by Gasteiger charge is -2.39. The summed E-state index contributed by atoms with van der Waals surface area (Å²) in [6, 6.07) is 15.0. The summed E-state index contributed by atoms with van der Waals surface area (Å²) in [5.74, 6) is 0.555. The molecule has 0 bridgehead atoms. The number of nitriles is 1. The van der Waals surface area contributed by atoms with Gasteiger partial charge in [0.1, 0.15) is 17.5 Å². The quantitative estimate of drug-likeness (QED) is 0.234. The smallest absolute Gasteiger partial charge is 0.223 e. The van der Waals surface area contributed by atoms with E-state index in [0.717, 1.165) is 50.7 Å². The lowest BCUT2D eigenvalue weighted by atomic mass is 10.1. The third-order valence-corrected chi connectivity index (χ3v) is 9.06. The number of nitrogens with zero attached hydrogens (tertiary/aromatic N) is 7. The molecule has 13 heteroatoms. The van der Waals surface area contributed by atoms with Crippen molar-refractivity contribution in [1.29, 1.82) is 5.26 Å². The van der Waals surface area contributed by atoms with Crippen LogP contribution < -0.4 is 11.1 Å². The predicted molar refractivity (Wildman–Crippen MR) is 178 cm³/mol. The molecule has 0 saturated carbocycles. The number of rotatable bonds is 11. The van der Waals surface area contributed by atoms with Gasteiger partial charge < -0.3 is 25.6 Å². The molecule has 3 N–H and O–H groups in total. The molecule has 242 valence electrons. The van der Waals surface area contributed by atoms with Crippen LogP contribution in [-0.4, -0.2) is 107 Å². The van der Waals surface area contributed by atoms with Crippen molar-refractivity contribution in [1.82, 2.24) is 29.7 Å². The Bertz CT molecular complexity index is 1550. The van der Waals surface area contributed by atoms with E-state index in [1.807, 2.05) is 23.1 Å². The third kappa shape index (κ3) is 9.01. The Morgan fingerprint density at radius 3 is 2.50 bits per heavy atom. The normalized spacial score (nSPS) is 17.4. The molecule has 0 radical (unpaired) electrons. The fourth-order valence-corrected chi connectivity index (χ4v) is 6.42. The Morgan fingerprint density at radius 2 is 1.78 bits per heavy atom. The SMILES string of the molecule is CCN1CCN(CC2CN(C(=O)CCc3cccc(CSc4nc(N)c(C#N)c(-c5ccc(NC(C)=O)cc5)n4)n3)CCO2)CC1. The number of ether oxygens (including phenoxy) is 1. The summed E-state index contributed by atoms with van der Waals surface area (Å²) in [6.07, 6.45) is 0.994. The first-order valence-corrected chi connectivity index (χ1v) is 16.7. The molecule has 0 spiro atoms. The topological polar surface area (TPSA) is 154 Å². The summed E-state index contributed by atoms with van der Waals surface area (Å²) in [7, 11) is 0. The van der Waals surface area contributed by atoms with Gasteiger partial charge in [-0.15, -0.1) is 0 Å². The lowest BCUT2D eigenvalue weighted by Crippen LogP contribution is -2.53. The number of anilines is 2. The maximum atomic E-state index is 13.1. The van der Waals surface area contributed by atoms with Crippen molar-refractivity contribution in [2.45, 2.75) is 43.7 Å². The number of pyridine rings is 1. The van der Waals surface area contributed by atoms with Gasteiger partial charge in [0.25, 0.3) is 0 Å². The van der Waals surface area contributed by atoms with Crippen LogP contribution in [0.1, 0.15) is 37.2 Å². The molecule has 2 saturated heterocycles. The first-order chi connectivity index (χ1) is 22.3. The fourth-order valence-electron chi connectivity index (χ4n) is 5.67. The van der Waals surface area contributed by atoms with E-state index in [9.17, 15) is 14.9 Å². The van der Waals surface area contributed by atoms with E-state index in [-0.39, 0.29) is 29.3 Å². The number of carbonyl (C=O) groups excluding carboxylic acids is 2. The van der Waals surface area contributed by atoms with Crippen LogP contribution in [0, 0.1) is 11.3 Å². The Morgan fingerprint density at radius 1 is 1.04 bits per heavy atom. The predicted octanol–water partition coefficient (Wildman–Crippen LogP) is 3.04. The number of hydrogen-bond acceptors (Lipinski definition) is 11. The highest BCUT2D eigenvalue weighted by molar-refractivity contribution is 7.98. The monoisotopic (exact) mass is 643 g/mol. The second-order valence-electron chi connectivity index (χ2n) is 11.5. The zero-order valence-corrected chi connectivity index (χ0v) is 27.3. The molecule has 2 amide bonds. The zero-order chi connectivity index (χ0) is 32.5. The molecule has 2 aliphatic heterocycles. The first kappa shape index (κ1) is 33.3. The summed E-state index contributed by atoms with van der Waals surface area (Å²) in [5.41, 5.74) is 9.78. The number of thioether (sulfide) groups is 1. The number of benzene rings is 1. The lowest BCUT2D eigenvalue weighted by molar-refractivity contribution is -0.139. The van der Waals surface area contributed by atoms with Gasteiger partial charge >= 0.3 is 0 Å². The van der Waals surface area contributed by atoms with Crippen LogP contribution in [0.5, 0.6) is 0 Å². The molecular weight excluding hydrogens is 602 g/mol. The molecule has 1 aromatic carbocycles. The summed E-state index contributed by atoms with van der Waals surface area (Å²) < 4.78 is 6.01. The van der Waals surface area contributed by atoms with E-state index in [4.69, 9.17) is 15.5 Å². The van der Waals surface area contributed by atoms with E-state index in [1.54, 1.807) is 24.3 Å². The van der Waals surface area contributed by atoms with E-state index in [2.05, 4.69) is 38.1 Å². The minimum atomic E-state index is -0.169. The van der Waals surface area contributed by atoms with Gasteiger partial charge in [-0.25, -0.2) is 9.97 Å². The maximum absolute atomic E-state index is 13.1. The van der Waals surface area contributed by atoms with E-state index >= 15 is 0 Å². The molecule has 2 aromatic heterocycles. The summed E-state index contributed by atoms with van der Waals surface area (Å²) in [6.45, 7) is 11.7. The minimum absolute atomic E-state index is 0.0476. The van der Waals surface area contributed by atoms with Gasteiger partial charge in [0.2, 0.25) is 11.8 Å². The Kier molecular flexibility index (Phi) is 11.5. The number of amides is 2. The Balaban J connectivity index is 1.15. The largest absolute Gasteiger partial charge is 0.382 e. The molecule has 46 heavy (non-hydrogen) atoms. The average Bonchev–Trinajstić information content (AvgIpc) is 3.07. The van der Waals surface area contributed by atoms with Gasteiger partial charge in [0, 0.05) is 81.9 Å². The second-order valence-corrected chi connectivity index (χ2v) is 12.4. The van der Waals surface area contributed by atoms with Crippen molar-refractivity contribution in [3.63, 3.8) is 0 Å². The van der Waals surface area contributed by atoms with Gasteiger partial charge in [0.15, 0.2) is 5.16 Å². The highest BCUT2D eigenvalue weighted by atomic mass is 32.2. The van der Waals surface area contributed by atoms with Gasteiger partial charge in [-0.3, -0.25) is 19.5 Å². The van der Waals surface area contributed by atoms with Gasteiger partial charge in [-0.1, -0.05) is 36.9 Å². The Hall–Kier alpha value is -4.09. The summed E-state index contributed by atoms with van der Waals surface area (Å²) in [4.78, 5) is 45.1. The number of nitrogen functional groups attached to an aromatic ring is 1. The molecule has 1 atom stereocenters. The van der Waals surface area contributed by atoms with Crippen molar-refractivity contribution in [2.24, 2.45) is 0 Å². The number of piperazine rings is 1. The number of carbonyl (C=O) groups is 2. The maximum Gasteiger partial charge on any atom is 0.223 e. The van der Waals surface area contributed by atoms with Gasteiger partial charge in [0.05, 0.1) is 24.1 Å². The highest BCUT2D eigenvalue weighted by Crippen LogP contribution is 2.29. The van der Waals surface area contributed by atoms with Crippen molar-refractivity contribution in [3.8, 4) is 17.3 Å². The molecule has 2 aliphatic rings. The molecule has 12 nitrogen and oxygen atoms in total. The highest BCUT2D eigenvalue weighted by Gasteiger charge is 2.27. The molecule has 1 unspecified atom stereocenters. The van der Waals surface area contributed by atoms with Crippen LogP contribution in [0.25, 0.3) is 11.3 Å². The molecule has 4 heterocycles.